The molecule has 0 aromatic heterocycles. The lowest BCUT2D eigenvalue weighted by molar-refractivity contribution is -0.383. The zero-order chi connectivity index (χ0) is 19.8. The number of anilines is 1. The van der Waals surface area contributed by atoms with Crippen LogP contribution in [-0.4, -0.2) is 30.5 Å². The van der Waals surface area contributed by atoms with E-state index in [0.717, 1.165) is 12.1 Å². The minimum atomic E-state index is -0.748. The number of para-hydroxylation sites is 1. The van der Waals surface area contributed by atoms with E-state index in [0.29, 0.717) is 11.3 Å². The second kappa shape index (κ2) is 9.35. The van der Waals surface area contributed by atoms with Crippen molar-refractivity contribution in [2.75, 3.05) is 19.0 Å². The summed E-state index contributed by atoms with van der Waals surface area (Å²) in [6, 6.07) is 10.8. The SMILES string of the molecule is COc1ccccc1/C=C/C(=O)OCC(=O)Nc1ccc(Cl)cc1[N+](=O)[O-]. The van der Waals surface area contributed by atoms with Crippen molar-refractivity contribution in [1.82, 2.24) is 0 Å². The van der Waals surface area contributed by atoms with E-state index >= 15 is 0 Å². The average molecular weight is 391 g/mol. The Morgan fingerprint density at radius 2 is 2.00 bits per heavy atom. The topological polar surface area (TPSA) is 108 Å². The van der Waals surface area contributed by atoms with E-state index in [-0.39, 0.29) is 16.4 Å². The van der Waals surface area contributed by atoms with Crippen molar-refractivity contribution < 1.29 is 24.0 Å². The Morgan fingerprint density at radius 1 is 1.26 bits per heavy atom. The van der Waals surface area contributed by atoms with Crippen LogP contribution in [-0.2, 0) is 14.3 Å². The lowest BCUT2D eigenvalue weighted by Crippen LogP contribution is -2.20. The lowest BCUT2D eigenvalue weighted by atomic mass is 10.2. The van der Waals surface area contributed by atoms with Crippen molar-refractivity contribution in [3.8, 4) is 5.75 Å². The first-order chi connectivity index (χ1) is 12.9. The molecular weight excluding hydrogens is 376 g/mol. The van der Waals surface area contributed by atoms with Crippen molar-refractivity contribution in [3.05, 3.63) is 69.2 Å². The molecule has 27 heavy (non-hydrogen) atoms. The van der Waals surface area contributed by atoms with Crippen molar-refractivity contribution in [3.63, 3.8) is 0 Å². The van der Waals surface area contributed by atoms with Crippen LogP contribution in [0.1, 0.15) is 5.56 Å². The highest BCUT2D eigenvalue weighted by molar-refractivity contribution is 6.31. The normalized spacial score (nSPS) is 10.4. The number of hydrogen-bond donors (Lipinski definition) is 1. The number of amides is 1. The number of esters is 1. The summed E-state index contributed by atoms with van der Waals surface area (Å²) < 4.78 is 9.97. The summed E-state index contributed by atoms with van der Waals surface area (Å²) in [5.74, 6) is -0.893. The molecule has 2 rings (SSSR count). The van der Waals surface area contributed by atoms with Crippen LogP contribution in [0.4, 0.5) is 11.4 Å². The maximum atomic E-state index is 11.9. The van der Waals surface area contributed by atoms with Gasteiger partial charge in [-0.05, 0) is 24.3 Å². The summed E-state index contributed by atoms with van der Waals surface area (Å²) in [6.07, 6.45) is 2.64. The third-order valence-electron chi connectivity index (χ3n) is 3.31. The standard InChI is InChI=1S/C18H15ClN2O6/c1-26-16-5-3-2-4-12(16)6-9-18(23)27-11-17(22)20-14-8-7-13(19)10-15(14)21(24)25/h2-10H,11H2,1H3,(H,20,22)/b9-6+. The number of hydrogen-bond acceptors (Lipinski definition) is 6. The minimum Gasteiger partial charge on any atom is -0.496 e. The van der Waals surface area contributed by atoms with Crippen LogP contribution < -0.4 is 10.1 Å². The van der Waals surface area contributed by atoms with Crippen LogP contribution in [0.3, 0.4) is 0 Å². The molecule has 0 fully saturated rings. The summed E-state index contributed by atoms with van der Waals surface area (Å²) >= 11 is 5.70. The molecule has 2 aromatic rings. The first-order valence-corrected chi connectivity index (χ1v) is 8.00. The number of carbonyl (C=O) groups is 2. The fourth-order valence-electron chi connectivity index (χ4n) is 2.09. The lowest BCUT2D eigenvalue weighted by Gasteiger charge is -2.06. The van der Waals surface area contributed by atoms with Crippen molar-refractivity contribution >= 4 is 40.9 Å². The maximum absolute atomic E-state index is 11.9. The summed E-state index contributed by atoms with van der Waals surface area (Å²) in [7, 11) is 1.51. The summed E-state index contributed by atoms with van der Waals surface area (Å²) in [5, 5.41) is 13.5. The van der Waals surface area contributed by atoms with Crippen LogP contribution in [0.15, 0.2) is 48.5 Å². The van der Waals surface area contributed by atoms with E-state index in [2.05, 4.69) is 5.32 Å². The Balaban J connectivity index is 1.93. The number of rotatable bonds is 7. The molecule has 0 unspecified atom stereocenters. The number of carbonyl (C=O) groups excluding carboxylic acids is 2. The van der Waals surface area contributed by atoms with Gasteiger partial charge < -0.3 is 14.8 Å². The molecule has 9 heteroatoms. The van der Waals surface area contributed by atoms with Gasteiger partial charge in [-0.2, -0.15) is 0 Å². The third kappa shape index (κ3) is 5.82. The summed E-state index contributed by atoms with van der Waals surface area (Å²) in [5.41, 5.74) is 0.256. The first kappa shape index (κ1) is 19.9. The first-order valence-electron chi connectivity index (χ1n) is 7.62. The van der Waals surface area contributed by atoms with Crippen molar-refractivity contribution in [1.29, 1.82) is 0 Å². The molecule has 0 bridgehead atoms. The molecule has 0 saturated carbocycles. The molecule has 0 heterocycles. The Kier molecular flexibility index (Phi) is 6.90. The predicted molar refractivity (Wildman–Crippen MR) is 99.7 cm³/mol. The molecule has 140 valence electrons. The van der Waals surface area contributed by atoms with Crippen molar-refractivity contribution in [2.24, 2.45) is 0 Å². The second-order valence-electron chi connectivity index (χ2n) is 5.15. The predicted octanol–water partition coefficient (Wildman–Crippen LogP) is 3.45. The Morgan fingerprint density at radius 3 is 2.70 bits per heavy atom. The summed E-state index contributed by atoms with van der Waals surface area (Å²) in [6.45, 7) is -0.602. The molecule has 0 saturated heterocycles. The third-order valence-corrected chi connectivity index (χ3v) is 3.55. The fourth-order valence-corrected chi connectivity index (χ4v) is 2.26. The van der Waals surface area contributed by atoms with Crippen molar-refractivity contribution in [2.45, 2.75) is 0 Å². The van der Waals surface area contributed by atoms with E-state index in [4.69, 9.17) is 21.1 Å². The van der Waals surface area contributed by atoms with Crippen LogP contribution in [0, 0.1) is 10.1 Å². The molecule has 0 aliphatic carbocycles. The smallest absolute Gasteiger partial charge is 0.331 e. The number of nitro groups is 1. The fraction of sp³-hybridized carbons (Fsp3) is 0.111. The van der Waals surface area contributed by atoms with Gasteiger partial charge in [0.2, 0.25) is 0 Å². The highest BCUT2D eigenvalue weighted by Gasteiger charge is 2.17. The largest absolute Gasteiger partial charge is 0.496 e. The number of nitrogens with zero attached hydrogens (tertiary/aromatic N) is 1. The Hall–Kier alpha value is -3.39. The zero-order valence-corrected chi connectivity index (χ0v) is 14.9. The number of benzene rings is 2. The van der Waals surface area contributed by atoms with Gasteiger partial charge >= 0.3 is 5.97 Å². The number of ether oxygens (including phenoxy) is 2. The maximum Gasteiger partial charge on any atom is 0.331 e. The molecule has 0 aliphatic rings. The van der Waals surface area contributed by atoms with Gasteiger partial charge in [-0.1, -0.05) is 29.8 Å². The van der Waals surface area contributed by atoms with E-state index in [1.54, 1.807) is 24.3 Å². The van der Waals surface area contributed by atoms with Gasteiger partial charge in [-0.25, -0.2) is 4.79 Å². The van der Waals surface area contributed by atoms with Crippen LogP contribution in [0.25, 0.3) is 6.08 Å². The van der Waals surface area contributed by atoms with E-state index in [1.807, 2.05) is 0 Å². The molecule has 1 N–H and O–H groups in total. The van der Waals surface area contributed by atoms with Gasteiger partial charge in [0.05, 0.1) is 12.0 Å². The highest BCUT2D eigenvalue weighted by Crippen LogP contribution is 2.27. The van der Waals surface area contributed by atoms with E-state index in [9.17, 15) is 19.7 Å². The quantitative estimate of drug-likeness (QED) is 0.336. The van der Waals surface area contributed by atoms with Gasteiger partial charge in [-0.3, -0.25) is 14.9 Å². The van der Waals surface area contributed by atoms with Gasteiger partial charge in [0.1, 0.15) is 11.4 Å². The van der Waals surface area contributed by atoms with E-state index < -0.39 is 23.4 Å². The molecule has 0 radical (unpaired) electrons. The molecular formula is C18H15ClN2O6. The summed E-state index contributed by atoms with van der Waals surface area (Å²) in [4.78, 5) is 33.9. The Labute approximate surface area is 159 Å². The number of halogens is 1. The molecule has 0 atom stereocenters. The molecule has 8 nitrogen and oxygen atoms in total. The second-order valence-corrected chi connectivity index (χ2v) is 5.59. The Bertz CT molecular complexity index is 897. The monoisotopic (exact) mass is 390 g/mol. The van der Waals surface area contributed by atoms with Crippen LogP contribution in [0.5, 0.6) is 5.75 Å². The van der Waals surface area contributed by atoms with Gasteiger partial charge in [0, 0.05) is 22.7 Å². The number of methoxy groups -OCH3 is 1. The van der Waals surface area contributed by atoms with Crippen LogP contribution >= 0.6 is 11.6 Å². The molecule has 1 amide bonds. The molecule has 0 aliphatic heterocycles. The molecule has 2 aromatic carbocycles. The number of nitro benzene ring substituents is 1. The van der Waals surface area contributed by atoms with Gasteiger partial charge in [0.25, 0.3) is 11.6 Å². The van der Waals surface area contributed by atoms with Crippen LogP contribution in [0.2, 0.25) is 5.02 Å². The number of nitrogens with one attached hydrogen (secondary N) is 1. The van der Waals surface area contributed by atoms with E-state index in [1.165, 1.54) is 25.3 Å². The average Bonchev–Trinajstić information content (AvgIpc) is 2.66. The highest BCUT2D eigenvalue weighted by atomic mass is 35.5. The van der Waals surface area contributed by atoms with Gasteiger partial charge in [-0.15, -0.1) is 0 Å². The van der Waals surface area contributed by atoms with Gasteiger partial charge in [0.15, 0.2) is 6.61 Å². The molecule has 0 spiro atoms. The minimum absolute atomic E-state index is 0.0463. The zero-order valence-electron chi connectivity index (χ0n) is 14.2.